The van der Waals surface area contributed by atoms with Gasteiger partial charge in [0.15, 0.2) is 0 Å². The van der Waals surface area contributed by atoms with Gasteiger partial charge in [-0.25, -0.2) is 12.7 Å². The van der Waals surface area contributed by atoms with Crippen LogP contribution in [0.25, 0.3) is 0 Å². The molecule has 1 aliphatic rings. The maximum Gasteiger partial charge on any atom is 0.251 e. The van der Waals surface area contributed by atoms with Crippen LogP contribution in [0.3, 0.4) is 0 Å². The molecule has 0 bridgehead atoms. The molecular formula is C24H32N2O3S. The highest BCUT2D eigenvalue weighted by atomic mass is 32.2. The Morgan fingerprint density at radius 2 is 1.60 bits per heavy atom. The van der Waals surface area contributed by atoms with Crippen LogP contribution in [0.5, 0.6) is 0 Å². The monoisotopic (exact) mass is 428 g/mol. The van der Waals surface area contributed by atoms with Crippen LogP contribution in [0, 0.1) is 5.92 Å². The molecular weight excluding hydrogens is 396 g/mol. The van der Waals surface area contributed by atoms with Crippen molar-refractivity contribution in [3.63, 3.8) is 0 Å². The van der Waals surface area contributed by atoms with Crippen molar-refractivity contribution in [1.29, 1.82) is 0 Å². The van der Waals surface area contributed by atoms with E-state index in [1.807, 2.05) is 30.3 Å². The highest BCUT2D eigenvalue weighted by Gasteiger charge is 2.24. The summed E-state index contributed by atoms with van der Waals surface area (Å²) < 4.78 is 26.8. The summed E-state index contributed by atoms with van der Waals surface area (Å²) >= 11 is 0. The predicted molar refractivity (Wildman–Crippen MR) is 121 cm³/mol. The largest absolute Gasteiger partial charge is 0.345 e. The molecule has 0 aromatic heterocycles. The molecule has 0 unspecified atom stereocenters. The topological polar surface area (TPSA) is 66.5 Å². The van der Waals surface area contributed by atoms with E-state index in [1.54, 1.807) is 28.6 Å². The standard InChI is InChI=1S/C24H32N2O3S/c1-19(2)17-23(21-9-5-3-6-10-21)25-24(27)22-13-11-20(12-14-22)18-30(28,29)26-15-7-4-8-16-26/h3,5-6,9-14,19,23H,4,7-8,15-18H2,1-2H3,(H,25,27)/t23-/m0/s1. The molecule has 1 amide bonds. The third-order valence-electron chi connectivity index (χ3n) is 5.49. The molecule has 6 heteroatoms. The molecule has 0 radical (unpaired) electrons. The van der Waals surface area contributed by atoms with Crippen molar-refractivity contribution >= 4 is 15.9 Å². The summed E-state index contributed by atoms with van der Waals surface area (Å²) in [6.07, 6.45) is 3.80. The molecule has 0 aliphatic carbocycles. The molecule has 1 fully saturated rings. The number of benzene rings is 2. The normalized spacial score (nSPS) is 16.4. The van der Waals surface area contributed by atoms with E-state index in [1.165, 1.54) is 0 Å². The summed E-state index contributed by atoms with van der Waals surface area (Å²) in [6.45, 7) is 5.50. The molecule has 0 spiro atoms. The van der Waals surface area contributed by atoms with Crippen LogP contribution in [0.15, 0.2) is 54.6 Å². The van der Waals surface area contributed by atoms with Crippen LogP contribution in [-0.2, 0) is 15.8 Å². The SMILES string of the molecule is CC(C)C[C@H](NC(=O)c1ccc(CS(=O)(=O)N2CCCCC2)cc1)c1ccccc1. The van der Waals surface area contributed by atoms with Crippen molar-refractivity contribution in [2.45, 2.75) is 51.3 Å². The average molecular weight is 429 g/mol. The van der Waals surface area contributed by atoms with E-state index in [0.29, 0.717) is 30.1 Å². The van der Waals surface area contributed by atoms with Gasteiger partial charge < -0.3 is 5.32 Å². The zero-order valence-electron chi connectivity index (χ0n) is 17.9. The van der Waals surface area contributed by atoms with Gasteiger partial charge in [0.25, 0.3) is 5.91 Å². The van der Waals surface area contributed by atoms with E-state index in [2.05, 4.69) is 19.2 Å². The lowest BCUT2D eigenvalue weighted by molar-refractivity contribution is 0.0932. The summed E-state index contributed by atoms with van der Waals surface area (Å²) in [6, 6.07) is 16.9. The first-order valence-corrected chi connectivity index (χ1v) is 12.4. The first-order valence-electron chi connectivity index (χ1n) is 10.8. The Labute approximate surface area is 180 Å². The molecule has 0 saturated carbocycles. The van der Waals surface area contributed by atoms with Crippen molar-refractivity contribution in [3.8, 4) is 0 Å². The van der Waals surface area contributed by atoms with Gasteiger partial charge in [0.05, 0.1) is 11.8 Å². The molecule has 30 heavy (non-hydrogen) atoms. The van der Waals surface area contributed by atoms with Gasteiger partial charge in [-0.3, -0.25) is 4.79 Å². The van der Waals surface area contributed by atoms with Gasteiger partial charge in [0.2, 0.25) is 10.0 Å². The number of nitrogens with zero attached hydrogens (tertiary/aromatic N) is 1. The van der Waals surface area contributed by atoms with Crippen molar-refractivity contribution < 1.29 is 13.2 Å². The number of rotatable bonds is 8. The van der Waals surface area contributed by atoms with Crippen LogP contribution < -0.4 is 5.32 Å². The molecule has 5 nitrogen and oxygen atoms in total. The second-order valence-electron chi connectivity index (χ2n) is 8.48. The number of carbonyl (C=O) groups excluding carboxylic acids is 1. The van der Waals surface area contributed by atoms with Crippen molar-refractivity contribution in [3.05, 3.63) is 71.3 Å². The Kier molecular flexibility index (Phi) is 7.67. The molecule has 3 rings (SSSR count). The van der Waals surface area contributed by atoms with Crippen LogP contribution in [-0.4, -0.2) is 31.7 Å². The number of hydrogen-bond acceptors (Lipinski definition) is 3. The van der Waals surface area contributed by atoms with E-state index in [9.17, 15) is 13.2 Å². The molecule has 2 aromatic carbocycles. The molecule has 2 aromatic rings. The maximum atomic E-state index is 12.8. The van der Waals surface area contributed by atoms with Gasteiger partial charge in [0, 0.05) is 18.7 Å². The van der Waals surface area contributed by atoms with E-state index in [4.69, 9.17) is 0 Å². The van der Waals surface area contributed by atoms with Gasteiger partial charge in [-0.05, 0) is 48.4 Å². The Bertz CT molecular complexity index is 919. The van der Waals surface area contributed by atoms with Gasteiger partial charge in [-0.15, -0.1) is 0 Å². The molecule has 1 heterocycles. The molecule has 162 valence electrons. The Morgan fingerprint density at radius 1 is 0.967 bits per heavy atom. The first kappa shape index (κ1) is 22.5. The molecule has 1 N–H and O–H groups in total. The fourth-order valence-electron chi connectivity index (χ4n) is 3.87. The van der Waals surface area contributed by atoms with Crippen LogP contribution >= 0.6 is 0 Å². The number of hydrogen-bond donors (Lipinski definition) is 1. The third kappa shape index (κ3) is 6.16. The number of nitrogens with one attached hydrogen (secondary N) is 1. The Hall–Kier alpha value is -2.18. The van der Waals surface area contributed by atoms with Crippen molar-refractivity contribution in [1.82, 2.24) is 9.62 Å². The Balaban J connectivity index is 1.66. The van der Waals surface area contributed by atoms with Crippen LogP contribution in [0.1, 0.15) is 67.1 Å². The highest BCUT2D eigenvalue weighted by Crippen LogP contribution is 2.22. The van der Waals surface area contributed by atoms with Gasteiger partial charge in [-0.2, -0.15) is 0 Å². The quantitative estimate of drug-likeness (QED) is 0.672. The second-order valence-corrected chi connectivity index (χ2v) is 10.4. The molecule has 1 atom stereocenters. The first-order chi connectivity index (χ1) is 14.3. The zero-order chi connectivity index (χ0) is 21.6. The van der Waals surface area contributed by atoms with Gasteiger partial charge in [-0.1, -0.05) is 62.7 Å². The van der Waals surface area contributed by atoms with Gasteiger partial charge >= 0.3 is 0 Å². The summed E-state index contributed by atoms with van der Waals surface area (Å²) in [4.78, 5) is 12.8. The lowest BCUT2D eigenvalue weighted by Crippen LogP contribution is -2.36. The summed E-state index contributed by atoms with van der Waals surface area (Å²) in [5.41, 5.74) is 2.33. The van der Waals surface area contributed by atoms with Crippen molar-refractivity contribution in [2.24, 2.45) is 5.92 Å². The van der Waals surface area contributed by atoms with E-state index in [0.717, 1.165) is 31.2 Å². The summed E-state index contributed by atoms with van der Waals surface area (Å²) in [7, 11) is -3.31. The van der Waals surface area contributed by atoms with Gasteiger partial charge in [0.1, 0.15) is 0 Å². The maximum absolute atomic E-state index is 12.8. The van der Waals surface area contributed by atoms with E-state index >= 15 is 0 Å². The number of sulfonamides is 1. The number of amides is 1. The van der Waals surface area contributed by atoms with E-state index in [-0.39, 0.29) is 17.7 Å². The number of carbonyl (C=O) groups is 1. The lowest BCUT2D eigenvalue weighted by atomic mass is 9.96. The zero-order valence-corrected chi connectivity index (χ0v) is 18.7. The fraction of sp³-hybridized carbons (Fsp3) is 0.458. The van der Waals surface area contributed by atoms with Crippen LogP contribution in [0.2, 0.25) is 0 Å². The lowest BCUT2D eigenvalue weighted by Gasteiger charge is -2.25. The molecule has 1 saturated heterocycles. The average Bonchev–Trinajstić information content (AvgIpc) is 2.74. The fourth-order valence-corrected chi connectivity index (χ4v) is 5.48. The number of piperidine rings is 1. The predicted octanol–water partition coefficient (Wildman–Crippen LogP) is 4.52. The molecule has 1 aliphatic heterocycles. The summed E-state index contributed by atoms with van der Waals surface area (Å²) in [5.74, 6) is 0.280. The highest BCUT2D eigenvalue weighted by molar-refractivity contribution is 7.88. The minimum absolute atomic E-state index is 0.0190. The second kappa shape index (κ2) is 10.2. The van der Waals surface area contributed by atoms with E-state index < -0.39 is 10.0 Å². The minimum atomic E-state index is -3.31. The Morgan fingerprint density at radius 3 is 2.20 bits per heavy atom. The minimum Gasteiger partial charge on any atom is -0.345 e. The van der Waals surface area contributed by atoms with Crippen LogP contribution in [0.4, 0.5) is 0 Å². The third-order valence-corrected chi connectivity index (χ3v) is 7.34. The smallest absolute Gasteiger partial charge is 0.251 e. The summed E-state index contributed by atoms with van der Waals surface area (Å²) in [5, 5.41) is 3.13. The van der Waals surface area contributed by atoms with Crippen molar-refractivity contribution in [2.75, 3.05) is 13.1 Å².